The highest BCUT2D eigenvalue weighted by molar-refractivity contribution is 6.00. The predicted molar refractivity (Wildman–Crippen MR) is 82.9 cm³/mol. The first-order chi connectivity index (χ1) is 9.35. The number of nitrogens with one attached hydrogen (secondary N) is 1. The van der Waals surface area contributed by atoms with Gasteiger partial charge in [-0.25, -0.2) is 0 Å². The van der Waals surface area contributed by atoms with Gasteiger partial charge in [-0.2, -0.15) is 0 Å². The minimum atomic E-state index is 0.0926. The third kappa shape index (κ3) is 2.72. The van der Waals surface area contributed by atoms with E-state index in [9.17, 15) is 0 Å². The van der Waals surface area contributed by atoms with Gasteiger partial charge >= 0.3 is 0 Å². The Hall–Kier alpha value is -1.75. The molecule has 5 nitrogen and oxygen atoms in total. The number of piperazine rings is 1. The van der Waals surface area contributed by atoms with E-state index >= 15 is 0 Å². The van der Waals surface area contributed by atoms with Gasteiger partial charge < -0.3 is 15.4 Å². The van der Waals surface area contributed by atoms with Crippen LogP contribution in [0.1, 0.15) is 19.4 Å². The number of methoxy groups -OCH3 is 1. The van der Waals surface area contributed by atoms with Crippen molar-refractivity contribution >= 4 is 11.5 Å². The van der Waals surface area contributed by atoms with E-state index in [-0.39, 0.29) is 11.4 Å². The Balaban J connectivity index is 2.38. The zero-order valence-corrected chi connectivity index (χ0v) is 12.7. The van der Waals surface area contributed by atoms with Crippen LogP contribution in [0, 0.1) is 5.41 Å². The number of nitrogen functional groups attached to an aromatic ring is 1. The number of nitrogens with two attached hydrogens (primary N) is 1. The lowest BCUT2D eigenvalue weighted by atomic mass is 9.98. The number of hydrogen-bond donors (Lipinski definition) is 2. The zero-order valence-electron chi connectivity index (χ0n) is 12.7. The van der Waals surface area contributed by atoms with Gasteiger partial charge in [0.1, 0.15) is 11.6 Å². The molecule has 0 spiro atoms. The maximum atomic E-state index is 7.76. The lowest BCUT2D eigenvalue weighted by Gasteiger charge is -2.46. The molecule has 0 aromatic heterocycles. The smallest absolute Gasteiger partial charge is 0.124 e. The molecule has 1 aromatic rings. The van der Waals surface area contributed by atoms with Crippen LogP contribution in [-0.2, 0) is 0 Å². The Morgan fingerprint density at radius 2 is 2.05 bits per heavy atom. The molecule has 0 saturated carbocycles. The van der Waals surface area contributed by atoms with Crippen molar-refractivity contribution in [2.75, 3.05) is 38.7 Å². The standard InChI is InChI=1S/C15H24N4O/c1-15(2)10-19(8-7-18(15)3)13-9-11(20-4)5-6-12(13)14(16)17/h5-6,9H,7-8,10H2,1-4H3,(H3,16,17). The molecule has 2 rings (SSSR count). The van der Waals surface area contributed by atoms with Gasteiger partial charge in [0.05, 0.1) is 12.8 Å². The van der Waals surface area contributed by atoms with Crippen LogP contribution < -0.4 is 15.4 Å². The van der Waals surface area contributed by atoms with Gasteiger partial charge in [-0.05, 0) is 33.0 Å². The molecule has 0 atom stereocenters. The molecular formula is C15H24N4O. The van der Waals surface area contributed by atoms with Crippen molar-refractivity contribution in [3.63, 3.8) is 0 Å². The Morgan fingerprint density at radius 3 is 2.60 bits per heavy atom. The van der Waals surface area contributed by atoms with E-state index in [1.54, 1.807) is 7.11 Å². The molecule has 1 aromatic carbocycles. The fourth-order valence-corrected chi connectivity index (χ4v) is 2.57. The number of ether oxygens (including phenoxy) is 1. The molecule has 1 aliphatic heterocycles. The summed E-state index contributed by atoms with van der Waals surface area (Å²) >= 11 is 0. The van der Waals surface area contributed by atoms with Crippen molar-refractivity contribution in [3.05, 3.63) is 23.8 Å². The van der Waals surface area contributed by atoms with Crippen LogP contribution in [0.25, 0.3) is 0 Å². The van der Waals surface area contributed by atoms with Gasteiger partial charge in [0.2, 0.25) is 0 Å². The molecule has 0 bridgehead atoms. The van der Waals surface area contributed by atoms with Crippen LogP contribution in [0.5, 0.6) is 5.75 Å². The summed E-state index contributed by atoms with van der Waals surface area (Å²) in [6.45, 7) is 7.27. The number of likely N-dealkylation sites (N-methyl/N-ethyl adjacent to an activating group) is 1. The third-order valence-corrected chi connectivity index (χ3v) is 4.15. The van der Waals surface area contributed by atoms with Gasteiger partial charge in [-0.3, -0.25) is 10.3 Å². The molecular weight excluding hydrogens is 252 g/mol. The van der Waals surface area contributed by atoms with Crippen LogP contribution in [0.3, 0.4) is 0 Å². The van der Waals surface area contributed by atoms with Crippen LogP contribution in [-0.4, -0.2) is 50.1 Å². The lowest BCUT2D eigenvalue weighted by molar-refractivity contribution is 0.139. The van der Waals surface area contributed by atoms with Gasteiger partial charge in [-0.15, -0.1) is 0 Å². The van der Waals surface area contributed by atoms with Crippen molar-refractivity contribution in [1.82, 2.24) is 4.90 Å². The molecule has 0 unspecified atom stereocenters. The van der Waals surface area contributed by atoms with Crippen molar-refractivity contribution < 1.29 is 4.74 Å². The fraction of sp³-hybridized carbons (Fsp3) is 0.533. The van der Waals surface area contributed by atoms with Crippen molar-refractivity contribution in [2.24, 2.45) is 5.73 Å². The van der Waals surface area contributed by atoms with E-state index in [1.165, 1.54) is 0 Å². The summed E-state index contributed by atoms with van der Waals surface area (Å²) in [5.74, 6) is 0.890. The highest BCUT2D eigenvalue weighted by Gasteiger charge is 2.32. The first-order valence-electron chi connectivity index (χ1n) is 6.84. The summed E-state index contributed by atoms with van der Waals surface area (Å²) in [6, 6.07) is 5.68. The summed E-state index contributed by atoms with van der Waals surface area (Å²) in [4.78, 5) is 4.65. The van der Waals surface area contributed by atoms with E-state index in [4.69, 9.17) is 15.9 Å². The second-order valence-electron chi connectivity index (χ2n) is 5.95. The van der Waals surface area contributed by atoms with Gasteiger partial charge in [0.25, 0.3) is 0 Å². The Bertz CT molecular complexity index is 513. The number of anilines is 1. The lowest BCUT2D eigenvalue weighted by Crippen LogP contribution is -2.58. The summed E-state index contributed by atoms with van der Waals surface area (Å²) < 4.78 is 5.31. The second-order valence-corrected chi connectivity index (χ2v) is 5.95. The average molecular weight is 276 g/mol. The molecule has 0 aliphatic carbocycles. The molecule has 3 N–H and O–H groups in total. The van der Waals surface area contributed by atoms with E-state index in [0.29, 0.717) is 0 Å². The average Bonchev–Trinajstić information content (AvgIpc) is 2.41. The van der Waals surface area contributed by atoms with Gasteiger partial charge in [-0.1, -0.05) is 0 Å². The minimum absolute atomic E-state index is 0.0926. The maximum Gasteiger partial charge on any atom is 0.124 e. The maximum absolute atomic E-state index is 7.76. The SMILES string of the molecule is COc1ccc(C(=N)N)c(N2CCN(C)C(C)(C)C2)c1. The molecule has 1 heterocycles. The number of benzene rings is 1. The number of hydrogen-bond acceptors (Lipinski definition) is 4. The number of amidine groups is 1. The van der Waals surface area contributed by atoms with E-state index in [1.807, 2.05) is 18.2 Å². The second kappa shape index (κ2) is 5.32. The molecule has 1 fully saturated rings. The first kappa shape index (κ1) is 14.7. The predicted octanol–water partition coefficient (Wildman–Crippen LogP) is 1.51. The molecule has 110 valence electrons. The van der Waals surface area contributed by atoms with Crippen molar-refractivity contribution in [1.29, 1.82) is 5.41 Å². The number of rotatable bonds is 3. The largest absolute Gasteiger partial charge is 0.497 e. The monoisotopic (exact) mass is 276 g/mol. The highest BCUT2D eigenvalue weighted by Crippen LogP contribution is 2.30. The third-order valence-electron chi connectivity index (χ3n) is 4.15. The summed E-state index contributed by atoms with van der Waals surface area (Å²) in [6.07, 6.45) is 0. The minimum Gasteiger partial charge on any atom is -0.497 e. The van der Waals surface area contributed by atoms with E-state index < -0.39 is 0 Å². The Kier molecular flexibility index (Phi) is 3.90. The molecule has 5 heteroatoms. The van der Waals surface area contributed by atoms with Crippen LogP contribution in [0.15, 0.2) is 18.2 Å². The quantitative estimate of drug-likeness (QED) is 0.649. The summed E-state index contributed by atoms with van der Waals surface area (Å²) in [7, 11) is 3.80. The summed E-state index contributed by atoms with van der Waals surface area (Å²) in [5, 5.41) is 7.76. The first-order valence-corrected chi connectivity index (χ1v) is 6.84. The van der Waals surface area contributed by atoms with Gasteiger partial charge in [0.15, 0.2) is 0 Å². The molecule has 0 radical (unpaired) electrons. The van der Waals surface area contributed by atoms with Crippen LogP contribution in [0.2, 0.25) is 0 Å². The molecule has 0 amide bonds. The van der Waals surface area contributed by atoms with Gasteiger partial charge in [0, 0.05) is 36.8 Å². The van der Waals surface area contributed by atoms with Crippen LogP contribution in [0.4, 0.5) is 5.69 Å². The van der Waals surface area contributed by atoms with Crippen molar-refractivity contribution in [2.45, 2.75) is 19.4 Å². The summed E-state index contributed by atoms with van der Waals surface area (Å²) in [5.41, 5.74) is 7.56. The van der Waals surface area contributed by atoms with E-state index in [0.717, 1.165) is 36.6 Å². The topological polar surface area (TPSA) is 65.6 Å². The normalized spacial score (nSPS) is 18.9. The van der Waals surface area contributed by atoms with Crippen molar-refractivity contribution in [3.8, 4) is 5.75 Å². The zero-order chi connectivity index (χ0) is 14.9. The van der Waals surface area contributed by atoms with Crippen LogP contribution >= 0.6 is 0 Å². The highest BCUT2D eigenvalue weighted by atomic mass is 16.5. The molecule has 1 aliphatic rings. The Labute approximate surface area is 120 Å². The Morgan fingerprint density at radius 1 is 1.35 bits per heavy atom. The molecule has 1 saturated heterocycles. The molecule has 20 heavy (non-hydrogen) atoms. The van der Waals surface area contributed by atoms with E-state index in [2.05, 4.69) is 30.7 Å². The number of nitrogens with zero attached hydrogens (tertiary/aromatic N) is 2. The fourth-order valence-electron chi connectivity index (χ4n) is 2.57.